The van der Waals surface area contributed by atoms with Gasteiger partial charge in [0.15, 0.2) is 0 Å². The van der Waals surface area contributed by atoms with E-state index in [-0.39, 0.29) is 11.7 Å². The molecule has 3 N–H and O–H groups in total. The lowest BCUT2D eigenvalue weighted by atomic mass is 10.1. The van der Waals surface area contributed by atoms with Gasteiger partial charge in [-0.1, -0.05) is 25.0 Å². The zero-order valence-corrected chi connectivity index (χ0v) is 10.4. The molecule has 0 radical (unpaired) electrons. The van der Waals surface area contributed by atoms with E-state index in [4.69, 9.17) is 15.9 Å². The normalized spacial score (nSPS) is 16.1. The Bertz CT molecular complexity index is 428. The number of benzene rings is 1. The van der Waals surface area contributed by atoms with Crippen LogP contribution in [0.1, 0.15) is 36.8 Å². The molecule has 98 valence electrons. The van der Waals surface area contributed by atoms with E-state index in [0.717, 1.165) is 0 Å². The van der Waals surface area contributed by atoms with Crippen LogP contribution in [0.4, 0.5) is 4.39 Å². The highest BCUT2D eigenvalue weighted by atomic mass is 19.1. The minimum atomic E-state index is -0.353. The number of ether oxygens (including phenoxy) is 1. The summed E-state index contributed by atoms with van der Waals surface area (Å²) in [6, 6.07) is 4.58. The predicted octanol–water partition coefficient (Wildman–Crippen LogP) is 2.82. The molecule has 1 aromatic rings. The first-order chi connectivity index (χ1) is 8.66. The van der Waals surface area contributed by atoms with Crippen LogP contribution < -0.4 is 5.73 Å². The Balaban J connectivity index is 1.87. The van der Waals surface area contributed by atoms with Crippen molar-refractivity contribution in [1.29, 1.82) is 5.41 Å². The summed E-state index contributed by atoms with van der Waals surface area (Å²) in [5.74, 6) is 0.172. The average Bonchev–Trinajstić information content (AvgIpc) is 2.84. The van der Waals surface area contributed by atoms with Crippen LogP contribution >= 0.6 is 0 Å². The van der Waals surface area contributed by atoms with Gasteiger partial charge in [-0.15, -0.1) is 0 Å². The molecule has 0 atom stereocenters. The SMILES string of the molecule is N=C(N)c1ccc(COCC2CCCC2)c(F)c1. The summed E-state index contributed by atoms with van der Waals surface area (Å²) >= 11 is 0. The molecule has 1 saturated carbocycles. The molecule has 0 saturated heterocycles. The molecule has 1 aliphatic rings. The van der Waals surface area contributed by atoms with Gasteiger partial charge in [0, 0.05) is 17.7 Å². The van der Waals surface area contributed by atoms with Gasteiger partial charge in [-0.25, -0.2) is 4.39 Å². The molecule has 0 heterocycles. The molecule has 0 aliphatic heterocycles. The standard InChI is InChI=1S/C14H19FN2O/c15-13-7-11(14(16)17)5-6-12(13)9-18-8-10-3-1-2-4-10/h5-7,10H,1-4,8-9H2,(H3,16,17). The van der Waals surface area contributed by atoms with Crippen molar-refractivity contribution in [1.82, 2.24) is 0 Å². The lowest BCUT2D eigenvalue weighted by Crippen LogP contribution is -2.12. The topological polar surface area (TPSA) is 59.1 Å². The van der Waals surface area contributed by atoms with Crippen LogP contribution in [0.5, 0.6) is 0 Å². The fourth-order valence-electron chi connectivity index (χ4n) is 2.34. The van der Waals surface area contributed by atoms with Gasteiger partial charge in [0.05, 0.1) is 6.61 Å². The van der Waals surface area contributed by atoms with E-state index in [9.17, 15) is 4.39 Å². The van der Waals surface area contributed by atoms with Crippen molar-refractivity contribution in [3.8, 4) is 0 Å². The number of rotatable bonds is 5. The zero-order chi connectivity index (χ0) is 13.0. The van der Waals surface area contributed by atoms with Crippen molar-refractivity contribution in [2.75, 3.05) is 6.61 Å². The van der Waals surface area contributed by atoms with Gasteiger partial charge in [-0.2, -0.15) is 0 Å². The smallest absolute Gasteiger partial charge is 0.129 e. The number of nitrogen functional groups attached to an aromatic ring is 1. The molecule has 1 aromatic carbocycles. The average molecular weight is 250 g/mol. The molecule has 0 bridgehead atoms. The maximum atomic E-state index is 13.7. The molecule has 0 aromatic heterocycles. The third-order valence-electron chi connectivity index (χ3n) is 3.45. The van der Waals surface area contributed by atoms with Crippen molar-refractivity contribution >= 4 is 5.84 Å². The van der Waals surface area contributed by atoms with E-state index in [0.29, 0.717) is 30.3 Å². The highest BCUT2D eigenvalue weighted by Crippen LogP contribution is 2.25. The molecular formula is C14H19FN2O. The molecule has 1 fully saturated rings. The van der Waals surface area contributed by atoms with Crippen LogP contribution in [0.3, 0.4) is 0 Å². The van der Waals surface area contributed by atoms with Gasteiger partial charge >= 0.3 is 0 Å². The van der Waals surface area contributed by atoms with E-state index in [1.54, 1.807) is 12.1 Å². The Labute approximate surface area is 107 Å². The van der Waals surface area contributed by atoms with Gasteiger partial charge in [0.2, 0.25) is 0 Å². The fourth-order valence-corrected chi connectivity index (χ4v) is 2.34. The Morgan fingerprint density at radius 3 is 2.72 bits per heavy atom. The fraction of sp³-hybridized carbons (Fsp3) is 0.500. The molecule has 2 rings (SSSR count). The minimum absolute atomic E-state index is 0.118. The first-order valence-electron chi connectivity index (χ1n) is 6.37. The van der Waals surface area contributed by atoms with Crippen LogP contribution in [0.2, 0.25) is 0 Å². The van der Waals surface area contributed by atoms with Crippen LogP contribution in [-0.2, 0) is 11.3 Å². The van der Waals surface area contributed by atoms with Crippen LogP contribution in [-0.4, -0.2) is 12.4 Å². The van der Waals surface area contributed by atoms with E-state index in [1.165, 1.54) is 31.7 Å². The van der Waals surface area contributed by atoms with Crippen molar-refractivity contribution in [3.05, 3.63) is 35.1 Å². The third-order valence-corrected chi connectivity index (χ3v) is 3.45. The quantitative estimate of drug-likeness (QED) is 0.623. The summed E-state index contributed by atoms with van der Waals surface area (Å²) in [6.07, 6.45) is 5.03. The molecule has 0 amide bonds. The number of nitrogens with one attached hydrogen (secondary N) is 1. The first-order valence-corrected chi connectivity index (χ1v) is 6.37. The Morgan fingerprint density at radius 1 is 1.39 bits per heavy atom. The molecular weight excluding hydrogens is 231 g/mol. The number of nitrogens with two attached hydrogens (primary N) is 1. The van der Waals surface area contributed by atoms with Crippen molar-refractivity contribution < 1.29 is 9.13 Å². The number of hydrogen-bond acceptors (Lipinski definition) is 2. The maximum absolute atomic E-state index is 13.7. The van der Waals surface area contributed by atoms with Crippen LogP contribution in [0, 0.1) is 17.1 Å². The number of hydrogen-bond donors (Lipinski definition) is 2. The second-order valence-electron chi connectivity index (χ2n) is 4.89. The Hall–Kier alpha value is -1.42. The lowest BCUT2D eigenvalue weighted by molar-refractivity contribution is 0.0870. The summed E-state index contributed by atoms with van der Waals surface area (Å²) in [7, 11) is 0. The van der Waals surface area contributed by atoms with Gasteiger partial charge in [-0.3, -0.25) is 5.41 Å². The van der Waals surface area contributed by atoms with Crippen molar-refractivity contribution in [3.63, 3.8) is 0 Å². The second kappa shape index (κ2) is 5.96. The molecule has 18 heavy (non-hydrogen) atoms. The third kappa shape index (κ3) is 3.29. The van der Waals surface area contributed by atoms with Gasteiger partial charge < -0.3 is 10.5 Å². The highest BCUT2D eigenvalue weighted by molar-refractivity contribution is 5.94. The summed E-state index contributed by atoms with van der Waals surface area (Å²) in [5.41, 5.74) is 6.24. The number of halogens is 1. The molecule has 3 nitrogen and oxygen atoms in total. The second-order valence-corrected chi connectivity index (χ2v) is 4.89. The van der Waals surface area contributed by atoms with E-state index in [1.807, 2.05) is 0 Å². The molecule has 1 aliphatic carbocycles. The minimum Gasteiger partial charge on any atom is -0.384 e. The Kier molecular flexibility index (Phi) is 4.31. The van der Waals surface area contributed by atoms with E-state index in [2.05, 4.69) is 0 Å². The summed E-state index contributed by atoms with van der Waals surface area (Å²) in [6.45, 7) is 1.01. The molecule has 4 heteroatoms. The Morgan fingerprint density at radius 2 is 2.11 bits per heavy atom. The summed E-state index contributed by atoms with van der Waals surface area (Å²) in [5, 5.41) is 7.23. The van der Waals surface area contributed by atoms with Crippen molar-refractivity contribution in [2.24, 2.45) is 11.7 Å². The molecule has 0 unspecified atom stereocenters. The van der Waals surface area contributed by atoms with Crippen LogP contribution in [0.25, 0.3) is 0 Å². The lowest BCUT2D eigenvalue weighted by Gasteiger charge is -2.10. The van der Waals surface area contributed by atoms with Gasteiger partial charge in [-0.05, 0) is 24.8 Å². The monoisotopic (exact) mass is 250 g/mol. The van der Waals surface area contributed by atoms with Crippen LogP contribution in [0.15, 0.2) is 18.2 Å². The van der Waals surface area contributed by atoms with Gasteiger partial charge in [0.25, 0.3) is 0 Å². The molecule has 0 spiro atoms. The summed E-state index contributed by atoms with van der Waals surface area (Å²) < 4.78 is 19.2. The largest absolute Gasteiger partial charge is 0.384 e. The first kappa shape index (κ1) is 13.0. The van der Waals surface area contributed by atoms with E-state index >= 15 is 0 Å². The summed E-state index contributed by atoms with van der Waals surface area (Å²) in [4.78, 5) is 0. The maximum Gasteiger partial charge on any atom is 0.129 e. The van der Waals surface area contributed by atoms with Crippen molar-refractivity contribution in [2.45, 2.75) is 32.3 Å². The predicted molar refractivity (Wildman–Crippen MR) is 69.0 cm³/mol. The number of amidine groups is 1. The van der Waals surface area contributed by atoms with E-state index < -0.39 is 0 Å². The zero-order valence-electron chi connectivity index (χ0n) is 10.4. The highest BCUT2D eigenvalue weighted by Gasteiger charge is 2.15. The van der Waals surface area contributed by atoms with Gasteiger partial charge in [0.1, 0.15) is 11.7 Å².